The maximum absolute atomic E-state index is 12.8. The molecule has 0 unspecified atom stereocenters. The Bertz CT molecular complexity index is 931. The van der Waals surface area contributed by atoms with E-state index in [4.69, 9.17) is 0 Å². The Hall–Kier alpha value is -3.02. The summed E-state index contributed by atoms with van der Waals surface area (Å²) >= 11 is 0. The number of aryl methyl sites for hydroxylation is 1. The topological polar surface area (TPSA) is 62.3 Å². The lowest BCUT2D eigenvalue weighted by Crippen LogP contribution is -2.38. The van der Waals surface area contributed by atoms with Gasteiger partial charge in [0.15, 0.2) is 0 Å². The van der Waals surface area contributed by atoms with Crippen LogP contribution in [0.5, 0.6) is 0 Å². The number of hydrogen-bond donors (Lipinski definition) is 1. The van der Waals surface area contributed by atoms with E-state index in [1.54, 1.807) is 10.9 Å². The van der Waals surface area contributed by atoms with Crippen LogP contribution in [0.3, 0.4) is 0 Å². The van der Waals surface area contributed by atoms with Gasteiger partial charge in [0, 0.05) is 6.42 Å². The summed E-state index contributed by atoms with van der Waals surface area (Å²) in [7, 11) is 0. The van der Waals surface area contributed by atoms with Gasteiger partial charge in [-0.25, -0.2) is 9.78 Å². The van der Waals surface area contributed by atoms with Crippen LogP contribution < -0.4 is 11.1 Å². The number of fused-ring (bicyclic) bond motifs is 1. The van der Waals surface area contributed by atoms with Gasteiger partial charge in [0.25, 0.3) is 0 Å². The second kappa shape index (κ2) is 7.04. The highest BCUT2D eigenvalue weighted by atomic mass is 16.1. The predicted molar refractivity (Wildman–Crippen MR) is 94.1 cm³/mol. The zero-order valence-corrected chi connectivity index (χ0v) is 13.8. The quantitative estimate of drug-likeness (QED) is 0.446. The van der Waals surface area contributed by atoms with E-state index < -0.39 is 0 Å². The maximum atomic E-state index is 12.8. The molecule has 0 radical (unpaired) electrons. The molecule has 0 spiro atoms. The summed E-state index contributed by atoms with van der Waals surface area (Å²) in [5.74, 6) is 0.667. The first-order valence-corrected chi connectivity index (χ1v) is 8.04. The van der Waals surface area contributed by atoms with Crippen LogP contribution in [0.25, 0.3) is 10.9 Å². The number of para-hydroxylation sites is 1. The molecule has 1 N–H and O–H groups in total. The van der Waals surface area contributed by atoms with E-state index in [-0.39, 0.29) is 5.56 Å². The molecule has 1 aromatic heterocycles. The number of azo groups is 1. The molecule has 24 heavy (non-hydrogen) atoms. The third-order valence-electron chi connectivity index (χ3n) is 3.67. The lowest BCUT2D eigenvalue weighted by Gasteiger charge is -2.08. The molecule has 3 rings (SSSR count). The summed E-state index contributed by atoms with van der Waals surface area (Å²) < 4.78 is 1.47. The van der Waals surface area contributed by atoms with Crippen LogP contribution >= 0.6 is 0 Å². The molecule has 0 atom stereocenters. The number of nitrogens with zero attached hydrogens (tertiary/aromatic N) is 4. The Kier molecular flexibility index (Phi) is 4.65. The molecular weight excluding hydrogens is 302 g/mol. The van der Waals surface area contributed by atoms with Gasteiger partial charge >= 0.3 is 5.56 Å². The number of hydrogen-bond acceptors (Lipinski definition) is 3. The molecule has 0 fully saturated rings. The molecule has 6 nitrogen and oxygen atoms in total. The van der Waals surface area contributed by atoms with Gasteiger partial charge in [0.05, 0.1) is 10.9 Å². The van der Waals surface area contributed by atoms with Crippen molar-refractivity contribution in [3.8, 4) is 0 Å². The molecule has 0 saturated heterocycles. The zero-order chi connectivity index (χ0) is 16.9. The van der Waals surface area contributed by atoms with Crippen molar-refractivity contribution in [3.05, 3.63) is 70.8 Å². The van der Waals surface area contributed by atoms with Crippen LogP contribution in [-0.2, 0) is 6.42 Å². The van der Waals surface area contributed by atoms with Crippen LogP contribution in [0.4, 0.5) is 5.69 Å². The fraction of sp³-hybridized carbons (Fsp3) is 0.222. The number of hydrazine groups is 1. The van der Waals surface area contributed by atoms with Crippen LogP contribution in [0.1, 0.15) is 19.7 Å². The minimum absolute atomic E-state index is 0.126. The first-order valence-electron chi connectivity index (χ1n) is 8.04. The van der Waals surface area contributed by atoms with Crippen molar-refractivity contribution in [1.82, 2.24) is 9.66 Å². The first kappa shape index (κ1) is 15.9. The Morgan fingerprint density at radius 3 is 2.50 bits per heavy atom. The lowest BCUT2D eigenvalue weighted by atomic mass is 10.2. The number of benzene rings is 2. The normalized spacial score (nSPS) is 11.7. The predicted octanol–water partition coefficient (Wildman–Crippen LogP) is 3.23. The van der Waals surface area contributed by atoms with Crippen molar-refractivity contribution in [2.75, 3.05) is 12.1 Å². The van der Waals surface area contributed by atoms with Crippen LogP contribution in [0.15, 0.2) is 64.5 Å². The van der Waals surface area contributed by atoms with Gasteiger partial charge in [-0.05, 0) is 31.2 Å². The van der Waals surface area contributed by atoms with E-state index in [0.29, 0.717) is 29.7 Å². The molecular formula is C18H20N5O+. The van der Waals surface area contributed by atoms with Gasteiger partial charge in [-0.3, -0.25) is 0 Å². The van der Waals surface area contributed by atoms with E-state index in [1.165, 1.54) is 4.68 Å². The lowest BCUT2D eigenvalue weighted by molar-refractivity contribution is -0.571. The number of rotatable bonds is 5. The molecule has 0 aliphatic heterocycles. The summed E-state index contributed by atoms with van der Waals surface area (Å²) in [6, 6.07) is 17.0. The number of aromatic nitrogens is 2. The Morgan fingerprint density at radius 2 is 1.79 bits per heavy atom. The van der Waals surface area contributed by atoms with Crippen molar-refractivity contribution in [1.29, 1.82) is 0 Å². The van der Waals surface area contributed by atoms with Gasteiger partial charge in [-0.15, -0.1) is 0 Å². The van der Waals surface area contributed by atoms with E-state index >= 15 is 0 Å². The molecule has 2 aromatic carbocycles. The van der Waals surface area contributed by atoms with Crippen molar-refractivity contribution in [3.63, 3.8) is 0 Å². The Balaban J connectivity index is 2.06. The molecule has 0 aliphatic rings. The highest BCUT2D eigenvalue weighted by Gasteiger charge is 2.16. The van der Waals surface area contributed by atoms with Gasteiger partial charge in [0.1, 0.15) is 12.2 Å². The minimum atomic E-state index is -0.126. The minimum Gasteiger partial charge on any atom is -0.238 e. The summed E-state index contributed by atoms with van der Waals surface area (Å²) in [4.78, 5) is 19.0. The molecule has 6 heteroatoms. The van der Waals surface area contributed by atoms with Gasteiger partial charge in [-0.1, -0.05) is 57.4 Å². The van der Waals surface area contributed by atoms with E-state index in [2.05, 4.69) is 15.6 Å². The van der Waals surface area contributed by atoms with E-state index in [1.807, 2.05) is 62.4 Å². The molecule has 1 heterocycles. The third kappa shape index (κ3) is 3.17. The molecule has 0 saturated carbocycles. The van der Waals surface area contributed by atoms with Crippen LogP contribution in [0.2, 0.25) is 0 Å². The molecule has 122 valence electrons. The smallest absolute Gasteiger partial charge is 0.238 e. The first-order chi connectivity index (χ1) is 11.7. The van der Waals surface area contributed by atoms with Crippen LogP contribution in [-0.4, -0.2) is 21.0 Å². The van der Waals surface area contributed by atoms with Crippen molar-refractivity contribution >= 4 is 16.6 Å². The van der Waals surface area contributed by atoms with E-state index in [9.17, 15) is 4.79 Å². The number of nitrogens with one attached hydrogen (secondary N) is 1. The highest BCUT2D eigenvalue weighted by Crippen LogP contribution is 2.10. The maximum Gasteiger partial charge on any atom is 0.367 e. The summed E-state index contributed by atoms with van der Waals surface area (Å²) in [6.45, 7) is 4.53. The summed E-state index contributed by atoms with van der Waals surface area (Å²) in [5, 5.41) is 5.09. The van der Waals surface area contributed by atoms with Gasteiger partial charge in [0.2, 0.25) is 5.82 Å². The fourth-order valence-corrected chi connectivity index (χ4v) is 2.43. The molecule has 0 aliphatic carbocycles. The van der Waals surface area contributed by atoms with Crippen molar-refractivity contribution < 1.29 is 4.81 Å². The highest BCUT2D eigenvalue weighted by molar-refractivity contribution is 5.77. The van der Waals surface area contributed by atoms with Crippen molar-refractivity contribution in [2.45, 2.75) is 20.3 Å². The average molecular weight is 322 g/mol. The van der Waals surface area contributed by atoms with Gasteiger partial charge in [-0.2, -0.15) is 0 Å². The fourth-order valence-electron chi connectivity index (χ4n) is 2.43. The zero-order valence-electron chi connectivity index (χ0n) is 13.8. The Labute approximate surface area is 140 Å². The second-order valence-corrected chi connectivity index (χ2v) is 5.29. The van der Waals surface area contributed by atoms with Crippen molar-refractivity contribution in [2.24, 2.45) is 5.11 Å². The molecule has 0 amide bonds. The largest absolute Gasteiger partial charge is 0.367 e. The molecule has 3 aromatic rings. The van der Waals surface area contributed by atoms with Crippen LogP contribution in [0, 0.1) is 0 Å². The second-order valence-electron chi connectivity index (χ2n) is 5.29. The third-order valence-corrected chi connectivity index (χ3v) is 3.67. The summed E-state index contributed by atoms with van der Waals surface area (Å²) in [6.07, 6.45) is 0.635. The standard InChI is InChI=1S/C18H20N5O/c1-3-17-19-16-13-9-8-12-15(16)18(24)23(17)21-22(4-2)20-14-10-6-5-7-11-14/h5-13H,3-4H2,1-2H3,(H,20,21)/q+1. The SMILES string of the molecule is CCc1nc2ccccc2c(=O)n1N[N+](CC)=Nc1ccccc1. The molecule has 0 bridgehead atoms. The monoisotopic (exact) mass is 322 g/mol. The Morgan fingerprint density at radius 1 is 1.08 bits per heavy atom. The van der Waals surface area contributed by atoms with Gasteiger partial charge < -0.3 is 0 Å². The van der Waals surface area contributed by atoms with E-state index in [0.717, 1.165) is 5.69 Å². The summed E-state index contributed by atoms with van der Waals surface area (Å²) in [5.41, 5.74) is 4.46. The average Bonchev–Trinajstić information content (AvgIpc) is 2.63.